The number of aromatic nitrogens is 1. The Kier molecular flexibility index (Phi) is 5.65. The van der Waals surface area contributed by atoms with Crippen LogP contribution in [0.2, 0.25) is 0 Å². The average Bonchev–Trinajstić information content (AvgIpc) is 3.21. The van der Waals surface area contributed by atoms with Crippen LogP contribution in [0.1, 0.15) is 24.8 Å². The van der Waals surface area contributed by atoms with Gasteiger partial charge in [-0.3, -0.25) is 4.79 Å². The minimum Gasteiger partial charge on any atom is -0.357 e. The molecule has 3 heterocycles. The fourth-order valence-electron chi connectivity index (χ4n) is 2.99. The number of anilines is 1. The lowest BCUT2D eigenvalue weighted by molar-refractivity contribution is -0.118. The minimum absolute atomic E-state index is 0.0576. The zero-order valence-electron chi connectivity index (χ0n) is 13.6. The molecule has 132 valence electrons. The van der Waals surface area contributed by atoms with E-state index in [-0.39, 0.29) is 22.7 Å². The zero-order valence-corrected chi connectivity index (χ0v) is 15.2. The predicted octanol–water partition coefficient (Wildman–Crippen LogP) is 1.22. The Bertz CT molecular complexity index is 670. The molecule has 0 aromatic carbocycles. The molecule has 2 aliphatic heterocycles. The molecular formula is C16H23N3O3S2. The van der Waals surface area contributed by atoms with Gasteiger partial charge in [-0.2, -0.15) is 0 Å². The Morgan fingerprint density at radius 1 is 1.33 bits per heavy atom. The number of pyridine rings is 1. The average molecular weight is 370 g/mol. The highest BCUT2D eigenvalue weighted by Gasteiger charge is 2.28. The number of nitrogens with zero attached hydrogens (tertiary/aromatic N) is 2. The maximum absolute atomic E-state index is 11.9. The highest BCUT2D eigenvalue weighted by molar-refractivity contribution is 8.02. The van der Waals surface area contributed by atoms with E-state index in [9.17, 15) is 13.2 Å². The van der Waals surface area contributed by atoms with Gasteiger partial charge < -0.3 is 10.2 Å². The molecule has 1 amide bonds. The summed E-state index contributed by atoms with van der Waals surface area (Å²) in [5, 5.41) is 2.93. The Hall–Kier alpha value is -1.28. The summed E-state index contributed by atoms with van der Waals surface area (Å²) in [6.45, 7) is 2.59. The quantitative estimate of drug-likeness (QED) is 0.812. The summed E-state index contributed by atoms with van der Waals surface area (Å²) in [6.07, 6.45) is 4.91. The van der Waals surface area contributed by atoms with Gasteiger partial charge >= 0.3 is 0 Å². The van der Waals surface area contributed by atoms with Crippen LogP contribution < -0.4 is 10.2 Å². The first-order valence-corrected chi connectivity index (χ1v) is 11.2. The van der Waals surface area contributed by atoms with Crippen LogP contribution in [0.25, 0.3) is 0 Å². The zero-order chi connectivity index (χ0) is 17.0. The summed E-state index contributed by atoms with van der Waals surface area (Å²) in [5.74, 6) is 1.70. The van der Waals surface area contributed by atoms with Crippen molar-refractivity contribution in [2.75, 3.05) is 35.2 Å². The van der Waals surface area contributed by atoms with Crippen molar-refractivity contribution in [2.45, 2.75) is 31.1 Å². The Morgan fingerprint density at radius 2 is 2.12 bits per heavy atom. The molecule has 0 unspecified atom stereocenters. The summed E-state index contributed by atoms with van der Waals surface area (Å²) in [4.78, 5) is 18.6. The van der Waals surface area contributed by atoms with E-state index in [1.165, 1.54) is 24.6 Å². The van der Waals surface area contributed by atoms with E-state index < -0.39 is 9.84 Å². The molecule has 24 heavy (non-hydrogen) atoms. The number of carbonyl (C=O) groups is 1. The van der Waals surface area contributed by atoms with Crippen molar-refractivity contribution in [2.24, 2.45) is 0 Å². The number of rotatable bonds is 6. The second kappa shape index (κ2) is 7.74. The number of hydrogen-bond donors (Lipinski definition) is 1. The molecule has 2 saturated heterocycles. The largest absolute Gasteiger partial charge is 0.357 e. The second-order valence-corrected chi connectivity index (χ2v) is 9.85. The van der Waals surface area contributed by atoms with Crippen LogP contribution in [0.4, 0.5) is 5.82 Å². The van der Waals surface area contributed by atoms with Crippen molar-refractivity contribution in [3.8, 4) is 0 Å². The van der Waals surface area contributed by atoms with Crippen molar-refractivity contribution in [3.05, 3.63) is 23.9 Å². The number of amides is 1. The molecule has 0 aliphatic carbocycles. The van der Waals surface area contributed by atoms with E-state index in [4.69, 9.17) is 0 Å². The Labute approximate surface area is 147 Å². The molecule has 1 aromatic heterocycles. The lowest BCUT2D eigenvalue weighted by Crippen LogP contribution is -2.26. The van der Waals surface area contributed by atoms with E-state index in [2.05, 4.69) is 15.2 Å². The van der Waals surface area contributed by atoms with E-state index in [0.29, 0.717) is 18.7 Å². The van der Waals surface area contributed by atoms with Crippen LogP contribution >= 0.6 is 11.8 Å². The molecule has 1 aromatic rings. The van der Waals surface area contributed by atoms with Gasteiger partial charge in [0.2, 0.25) is 5.91 Å². The molecule has 1 N–H and O–H groups in total. The molecule has 2 fully saturated rings. The van der Waals surface area contributed by atoms with E-state index in [0.717, 1.165) is 24.5 Å². The molecule has 8 heteroatoms. The lowest BCUT2D eigenvalue weighted by atomic mass is 10.2. The van der Waals surface area contributed by atoms with Gasteiger partial charge in [-0.05, 0) is 30.9 Å². The topological polar surface area (TPSA) is 79.4 Å². The molecule has 2 aliphatic rings. The van der Waals surface area contributed by atoms with Gasteiger partial charge in [-0.1, -0.05) is 6.07 Å². The molecular weight excluding hydrogens is 346 g/mol. The third kappa shape index (κ3) is 4.86. The molecule has 0 bridgehead atoms. The van der Waals surface area contributed by atoms with Crippen LogP contribution in [-0.4, -0.2) is 54.9 Å². The monoisotopic (exact) mass is 369 g/mol. The summed E-state index contributed by atoms with van der Waals surface area (Å²) in [7, 11) is -2.87. The van der Waals surface area contributed by atoms with Gasteiger partial charge in [0.15, 0.2) is 9.84 Å². The highest BCUT2D eigenvalue weighted by Crippen LogP contribution is 2.24. The molecule has 0 saturated carbocycles. The van der Waals surface area contributed by atoms with Crippen LogP contribution in [0.5, 0.6) is 0 Å². The Balaban J connectivity index is 1.39. The van der Waals surface area contributed by atoms with Gasteiger partial charge in [0, 0.05) is 31.1 Å². The maximum Gasteiger partial charge on any atom is 0.230 e. The maximum atomic E-state index is 11.9. The first-order chi connectivity index (χ1) is 11.5. The van der Waals surface area contributed by atoms with E-state index in [1.54, 1.807) is 0 Å². The molecule has 0 radical (unpaired) electrons. The summed E-state index contributed by atoms with van der Waals surface area (Å²) < 4.78 is 22.8. The van der Waals surface area contributed by atoms with Crippen molar-refractivity contribution < 1.29 is 13.2 Å². The number of thioether (sulfide) groups is 1. The van der Waals surface area contributed by atoms with E-state index >= 15 is 0 Å². The Morgan fingerprint density at radius 3 is 2.75 bits per heavy atom. The van der Waals surface area contributed by atoms with E-state index in [1.807, 2.05) is 18.3 Å². The van der Waals surface area contributed by atoms with Gasteiger partial charge in [0.25, 0.3) is 0 Å². The standard InChI is InChI=1S/C16H23N3O3S2/c20-16(11-23-14-5-8-24(21,22)12-14)18-10-13-3-4-15(17-9-13)19-6-1-2-7-19/h3-4,9,14H,1-2,5-8,10-12H2,(H,18,20)/t14-/m1/s1. The summed E-state index contributed by atoms with van der Waals surface area (Å²) in [5.41, 5.74) is 0.972. The SMILES string of the molecule is O=C(CS[C@@H]1CCS(=O)(=O)C1)NCc1ccc(N2CCCC2)nc1. The summed E-state index contributed by atoms with van der Waals surface area (Å²) in [6, 6.07) is 4.00. The van der Waals surface area contributed by atoms with Crippen molar-refractivity contribution in [3.63, 3.8) is 0 Å². The summed E-state index contributed by atoms with van der Waals surface area (Å²) >= 11 is 1.44. The van der Waals surface area contributed by atoms with Crippen LogP contribution in [-0.2, 0) is 21.2 Å². The fraction of sp³-hybridized carbons (Fsp3) is 0.625. The van der Waals surface area contributed by atoms with Crippen LogP contribution in [0.3, 0.4) is 0 Å². The number of carbonyl (C=O) groups excluding carboxylic acids is 1. The number of hydrogen-bond acceptors (Lipinski definition) is 6. The van der Waals surface area contributed by atoms with Crippen molar-refractivity contribution >= 4 is 33.3 Å². The lowest BCUT2D eigenvalue weighted by Gasteiger charge is -2.16. The van der Waals surface area contributed by atoms with Crippen molar-refractivity contribution in [1.82, 2.24) is 10.3 Å². The molecule has 6 nitrogen and oxygen atoms in total. The minimum atomic E-state index is -2.87. The van der Waals surface area contributed by atoms with Crippen LogP contribution in [0.15, 0.2) is 18.3 Å². The molecule has 1 atom stereocenters. The number of nitrogens with one attached hydrogen (secondary N) is 1. The fourth-order valence-corrected chi connectivity index (χ4v) is 6.47. The van der Waals surface area contributed by atoms with Gasteiger partial charge in [-0.15, -0.1) is 11.8 Å². The second-order valence-electron chi connectivity index (χ2n) is 6.33. The van der Waals surface area contributed by atoms with Gasteiger partial charge in [0.05, 0.1) is 17.3 Å². The van der Waals surface area contributed by atoms with Crippen molar-refractivity contribution in [1.29, 1.82) is 0 Å². The number of sulfone groups is 1. The third-order valence-corrected chi connectivity index (χ3v) is 7.65. The third-order valence-electron chi connectivity index (χ3n) is 4.37. The van der Waals surface area contributed by atoms with Gasteiger partial charge in [-0.25, -0.2) is 13.4 Å². The van der Waals surface area contributed by atoms with Crippen LogP contribution in [0, 0.1) is 0 Å². The first kappa shape index (κ1) is 17.5. The molecule has 3 rings (SSSR count). The first-order valence-electron chi connectivity index (χ1n) is 8.30. The normalized spacial score (nSPS) is 22.7. The smallest absolute Gasteiger partial charge is 0.230 e. The van der Waals surface area contributed by atoms with Gasteiger partial charge in [0.1, 0.15) is 5.82 Å². The highest BCUT2D eigenvalue weighted by atomic mass is 32.2. The predicted molar refractivity (Wildman–Crippen MR) is 97.0 cm³/mol. The molecule has 0 spiro atoms.